The molecule has 0 aliphatic heterocycles. The number of aromatic nitrogens is 2. The Kier molecular flexibility index (Phi) is 4.66. The summed E-state index contributed by atoms with van der Waals surface area (Å²) in [4.78, 5) is 0. The van der Waals surface area contributed by atoms with Crippen molar-refractivity contribution >= 4 is 11.8 Å². The van der Waals surface area contributed by atoms with Crippen molar-refractivity contribution in [3.8, 4) is 5.69 Å². The number of rotatable bonds is 5. The molecule has 1 saturated carbocycles. The van der Waals surface area contributed by atoms with E-state index in [2.05, 4.69) is 35.9 Å². The van der Waals surface area contributed by atoms with E-state index in [9.17, 15) is 0 Å². The lowest BCUT2D eigenvalue weighted by atomic mass is 10.1. The van der Waals surface area contributed by atoms with Crippen LogP contribution in [0.4, 0.5) is 0 Å². The molecule has 0 atom stereocenters. The lowest BCUT2D eigenvalue weighted by Gasteiger charge is -2.12. The van der Waals surface area contributed by atoms with Gasteiger partial charge in [0.05, 0.1) is 11.4 Å². The molecule has 1 aromatic carbocycles. The van der Waals surface area contributed by atoms with E-state index < -0.39 is 0 Å². The maximum Gasteiger partial charge on any atom is 0.105 e. The van der Waals surface area contributed by atoms with Crippen LogP contribution >= 0.6 is 11.8 Å². The van der Waals surface area contributed by atoms with Crippen molar-refractivity contribution in [1.29, 1.82) is 0 Å². The molecule has 0 radical (unpaired) electrons. The normalized spacial score (nSPS) is 15.7. The van der Waals surface area contributed by atoms with Gasteiger partial charge in [-0.25, -0.2) is 4.68 Å². The van der Waals surface area contributed by atoms with E-state index in [0.29, 0.717) is 6.54 Å². The Bertz CT molecular complexity index is 586. The van der Waals surface area contributed by atoms with Crippen LogP contribution < -0.4 is 5.73 Å². The average Bonchev–Trinajstić information content (AvgIpc) is 3.13. The molecule has 1 aliphatic carbocycles. The Balaban J connectivity index is 1.88. The van der Waals surface area contributed by atoms with Crippen LogP contribution in [0.15, 0.2) is 35.4 Å². The smallest absolute Gasteiger partial charge is 0.105 e. The number of nitrogens with zero attached hydrogens (tertiary/aromatic N) is 2. The van der Waals surface area contributed by atoms with Crippen molar-refractivity contribution in [2.45, 2.75) is 44.2 Å². The molecule has 0 bridgehead atoms. The van der Waals surface area contributed by atoms with Gasteiger partial charge < -0.3 is 5.73 Å². The van der Waals surface area contributed by atoms with Gasteiger partial charge in [-0.2, -0.15) is 5.10 Å². The SMILES string of the molecule is Cc1nn(-c2ccccc2)c(SCC2CCCC2)c1CN. The highest BCUT2D eigenvalue weighted by Gasteiger charge is 2.20. The molecule has 0 saturated heterocycles. The summed E-state index contributed by atoms with van der Waals surface area (Å²) in [6, 6.07) is 10.4. The molecule has 3 nitrogen and oxygen atoms in total. The molecule has 21 heavy (non-hydrogen) atoms. The molecule has 1 aromatic heterocycles. The second-order valence-corrected chi connectivity index (χ2v) is 6.79. The van der Waals surface area contributed by atoms with E-state index in [4.69, 9.17) is 10.8 Å². The van der Waals surface area contributed by atoms with Crippen molar-refractivity contribution in [1.82, 2.24) is 9.78 Å². The first kappa shape index (κ1) is 14.7. The summed E-state index contributed by atoms with van der Waals surface area (Å²) in [5, 5.41) is 5.94. The van der Waals surface area contributed by atoms with Crippen molar-refractivity contribution in [2.24, 2.45) is 11.7 Å². The predicted octanol–water partition coefficient (Wildman–Crippen LogP) is 3.92. The van der Waals surface area contributed by atoms with Gasteiger partial charge in [-0.3, -0.25) is 0 Å². The third-order valence-electron chi connectivity index (χ3n) is 4.27. The van der Waals surface area contributed by atoms with Gasteiger partial charge in [0.25, 0.3) is 0 Å². The summed E-state index contributed by atoms with van der Waals surface area (Å²) in [7, 11) is 0. The minimum Gasteiger partial charge on any atom is -0.326 e. The minimum absolute atomic E-state index is 0.561. The highest BCUT2D eigenvalue weighted by atomic mass is 32.2. The van der Waals surface area contributed by atoms with Gasteiger partial charge >= 0.3 is 0 Å². The van der Waals surface area contributed by atoms with Gasteiger partial charge in [0.2, 0.25) is 0 Å². The molecule has 0 spiro atoms. The fraction of sp³-hybridized carbons (Fsp3) is 0.471. The lowest BCUT2D eigenvalue weighted by molar-refractivity contribution is 0.622. The van der Waals surface area contributed by atoms with E-state index >= 15 is 0 Å². The zero-order valence-electron chi connectivity index (χ0n) is 12.6. The highest BCUT2D eigenvalue weighted by Crippen LogP contribution is 2.34. The number of thioether (sulfide) groups is 1. The van der Waals surface area contributed by atoms with Crippen molar-refractivity contribution < 1.29 is 0 Å². The van der Waals surface area contributed by atoms with Crippen LogP contribution in [-0.2, 0) is 6.54 Å². The quantitative estimate of drug-likeness (QED) is 0.851. The van der Waals surface area contributed by atoms with E-state index in [1.165, 1.54) is 42.0 Å². The van der Waals surface area contributed by atoms with E-state index in [-0.39, 0.29) is 0 Å². The second-order valence-electron chi connectivity index (χ2n) is 5.78. The Morgan fingerprint density at radius 2 is 1.95 bits per heavy atom. The third kappa shape index (κ3) is 3.16. The van der Waals surface area contributed by atoms with Crippen LogP contribution in [0.25, 0.3) is 5.69 Å². The van der Waals surface area contributed by atoms with Gasteiger partial charge in [-0.1, -0.05) is 31.0 Å². The molecule has 2 N–H and O–H groups in total. The summed E-state index contributed by atoms with van der Waals surface area (Å²) < 4.78 is 2.07. The third-order valence-corrected chi connectivity index (χ3v) is 5.60. The van der Waals surface area contributed by atoms with Crippen LogP contribution in [-0.4, -0.2) is 15.5 Å². The molecule has 3 rings (SSSR count). The predicted molar refractivity (Wildman–Crippen MR) is 88.9 cm³/mol. The standard InChI is InChI=1S/C17H23N3S/c1-13-16(11-18)17(21-12-14-7-5-6-8-14)20(19-13)15-9-3-2-4-10-15/h2-4,9-10,14H,5-8,11-12,18H2,1H3. The number of nitrogens with two attached hydrogens (primary N) is 1. The average molecular weight is 301 g/mol. The molecule has 4 heteroatoms. The molecule has 2 aromatic rings. The van der Waals surface area contributed by atoms with Gasteiger partial charge in [0.15, 0.2) is 0 Å². The number of aryl methyl sites for hydroxylation is 1. The molecule has 1 aliphatic rings. The second kappa shape index (κ2) is 6.67. The van der Waals surface area contributed by atoms with Crippen LogP contribution in [0.3, 0.4) is 0 Å². The van der Waals surface area contributed by atoms with E-state index in [1.807, 2.05) is 17.8 Å². The zero-order valence-corrected chi connectivity index (χ0v) is 13.4. The van der Waals surface area contributed by atoms with Crippen molar-refractivity contribution in [2.75, 3.05) is 5.75 Å². The molecule has 112 valence electrons. The van der Waals surface area contributed by atoms with Gasteiger partial charge in [0, 0.05) is 17.9 Å². The maximum atomic E-state index is 5.96. The van der Waals surface area contributed by atoms with Crippen LogP contribution in [0.1, 0.15) is 36.9 Å². The van der Waals surface area contributed by atoms with Crippen LogP contribution in [0, 0.1) is 12.8 Å². The first-order valence-corrected chi connectivity index (χ1v) is 8.75. The number of para-hydroxylation sites is 1. The molecule has 0 unspecified atom stereocenters. The van der Waals surface area contributed by atoms with E-state index in [1.54, 1.807) is 0 Å². The largest absolute Gasteiger partial charge is 0.326 e. The topological polar surface area (TPSA) is 43.8 Å². The first-order valence-electron chi connectivity index (χ1n) is 7.76. The van der Waals surface area contributed by atoms with Crippen molar-refractivity contribution in [3.05, 3.63) is 41.6 Å². The molecular formula is C17H23N3S. The van der Waals surface area contributed by atoms with Gasteiger partial charge in [0.1, 0.15) is 5.03 Å². The summed E-state index contributed by atoms with van der Waals surface area (Å²) in [5.41, 5.74) is 9.33. The summed E-state index contributed by atoms with van der Waals surface area (Å²) >= 11 is 1.93. The number of benzene rings is 1. The monoisotopic (exact) mass is 301 g/mol. The Labute approximate surface area is 130 Å². The number of hydrogen-bond acceptors (Lipinski definition) is 3. The van der Waals surface area contributed by atoms with Crippen molar-refractivity contribution in [3.63, 3.8) is 0 Å². The molecule has 1 fully saturated rings. The number of hydrogen-bond donors (Lipinski definition) is 1. The lowest BCUT2D eigenvalue weighted by Crippen LogP contribution is -2.04. The Morgan fingerprint density at radius 1 is 1.24 bits per heavy atom. The summed E-state index contributed by atoms with van der Waals surface area (Å²) in [6.45, 7) is 2.62. The fourth-order valence-corrected chi connectivity index (χ4v) is 4.44. The minimum atomic E-state index is 0.561. The Hall–Kier alpha value is -1.26. The van der Waals surface area contributed by atoms with Crippen LogP contribution in [0.2, 0.25) is 0 Å². The van der Waals surface area contributed by atoms with E-state index in [0.717, 1.165) is 17.3 Å². The first-order chi connectivity index (χ1) is 10.3. The molecule has 1 heterocycles. The van der Waals surface area contributed by atoms with Gasteiger partial charge in [-0.15, -0.1) is 11.8 Å². The Morgan fingerprint density at radius 3 is 2.62 bits per heavy atom. The molecular weight excluding hydrogens is 278 g/mol. The zero-order chi connectivity index (χ0) is 14.7. The summed E-state index contributed by atoms with van der Waals surface area (Å²) in [5.74, 6) is 2.05. The fourth-order valence-electron chi connectivity index (χ4n) is 3.04. The highest BCUT2D eigenvalue weighted by molar-refractivity contribution is 7.99. The maximum absolute atomic E-state index is 5.96. The van der Waals surface area contributed by atoms with Crippen LogP contribution in [0.5, 0.6) is 0 Å². The molecule has 0 amide bonds. The summed E-state index contributed by atoms with van der Waals surface area (Å²) in [6.07, 6.45) is 5.55. The van der Waals surface area contributed by atoms with Gasteiger partial charge in [-0.05, 0) is 37.8 Å².